The Hall–Kier alpha value is -2.58. The zero-order chi connectivity index (χ0) is 21.5. The summed E-state index contributed by atoms with van der Waals surface area (Å²) in [6, 6.07) is 6.71. The van der Waals surface area contributed by atoms with Crippen molar-refractivity contribution >= 4 is 49.2 Å². The van der Waals surface area contributed by atoms with Gasteiger partial charge in [-0.05, 0) is 48.3 Å². The summed E-state index contributed by atoms with van der Waals surface area (Å²) < 4.78 is 1.09. The van der Waals surface area contributed by atoms with E-state index in [0.717, 1.165) is 38.5 Å². The Balaban J connectivity index is 1.56. The lowest BCUT2D eigenvalue weighted by Gasteiger charge is -2.21. The Kier molecular flexibility index (Phi) is 5.35. The van der Waals surface area contributed by atoms with Crippen molar-refractivity contribution in [3.8, 4) is 0 Å². The van der Waals surface area contributed by atoms with Crippen molar-refractivity contribution in [1.29, 1.82) is 0 Å². The number of fused-ring (bicyclic) bond motifs is 5. The van der Waals surface area contributed by atoms with Crippen molar-refractivity contribution in [2.75, 3.05) is 0 Å². The number of thioether (sulfide) groups is 1. The lowest BCUT2D eigenvalue weighted by Crippen LogP contribution is -2.10. The summed E-state index contributed by atoms with van der Waals surface area (Å²) in [4.78, 5) is 25.9. The fraction of sp³-hybridized carbons (Fsp3) is 0.348. The van der Waals surface area contributed by atoms with Crippen LogP contribution in [0.4, 0.5) is 5.69 Å². The maximum Gasteiger partial charge on any atom is 0.269 e. The minimum atomic E-state index is -0.374. The van der Waals surface area contributed by atoms with Crippen molar-refractivity contribution in [3.63, 3.8) is 0 Å². The summed E-state index contributed by atoms with van der Waals surface area (Å²) in [7, 11) is 0. The largest absolute Gasteiger partial charge is 0.269 e. The number of benzene rings is 1. The molecule has 4 aromatic rings. The van der Waals surface area contributed by atoms with Crippen LogP contribution in [-0.2, 0) is 18.6 Å². The predicted molar refractivity (Wildman–Crippen MR) is 126 cm³/mol. The van der Waals surface area contributed by atoms with Gasteiger partial charge in [0.1, 0.15) is 16.2 Å². The molecule has 0 aliphatic heterocycles. The van der Waals surface area contributed by atoms with Crippen LogP contribution in [0.25, 0.3) is 20.4 Å². The van der Waals surface area contributed by atoms with Gasteiger partial charge in [0.2, 0.25) is 0 Å². The standard InChI is InChI=1S/C23H22N4O2S2/c1-13(2)19-17-6-4-3-5-16(17)18-20-21(31-22(18)26-19)23(25-12-24-20)30-11-14-7-9-15(10-8-14)27(28)29/h7-10,12-13H,3-6,11H2,1-2H3. The van der Waals surface area contributed by atoms with Crippen LogP contribution < -0.4 is 0 Å². The molecule has 3 aromatic heterocycles. The Morgan fingerprint density at radius 3 is 2.58 bits per heavy atom. The Morgan fingerprint density at radius 1 is 1.13 bits per heavy atom. The Bertz CT molecular complexity index is 1300. The summed E-state index contributed by atoms with van der Waals surface area (Å²) in [5, 5.41) is 13.0. The zero-order valence-electron chi connectivity index (χ0n) is 17.4. The van der Waals surface area contributed by atoms with E-state index in [4.69, 9.17) is 4.98 Å². The van der Waals surface area contributed by atoms with Crippen molar-refractivity contribution in [1.82, 2.24) is 15.0 Å². The average molecular weight is 451 g/mol. The van der Waals surface area contributed by atoms with E-state index < -0.39 is 0 Å². The zero-order valence-corrected chi connectivity index (χ0v) is 19.1. The quantitative estimate of drug-likeness (QED) is 0.151. The normalized spacial score (nSPS) is 13.8. The summed E-state index contributed by atoms with van der Waals surface area (Å²) in [6.45, 7) is 4.45. The number of nitro benzene ring substituents is 1. The third-order valence-electron chi connectivity index (χ3n) is 5.79. The number of thiophene rings is 1. The molecular weight excluding hydrogens is 428 g/mol. The molecule has 0 atom stereocenters. The first-order chi connectivity index (χ1) is 15.0. The lowest BCUT2D eigenvalue weighted by atomic mass is 9.86. The summed E-state index contributed by atoms with van der Waals surface area (Å²) >= 11 is 3.33. The number of nitro groups is 1. The highest BCUT2D eigenvalue weighted by Gasteiger charge is 2.24. The first-order valence-corrected chi connectivity index (χ1v) is 12.3. The van der Waals surface area contributed by atoms with Crippen LogP contribution >= 0.6 is 23.1 Å². The van der Waals surface area contributed by atoms with Crippen molar-refractivity contribution in [3.05, 3.63) is 63.1 Å². The van der Waals surface area contributed by atoms with Crippen LogP contribution in [0.3, 0.4) is 0 Å². The number of rotatable bonds is 5. The first kappa shape index (κ1) is 20.3. The molecule has 0 bridgehead atoms. The van der Waals surface area contributed by atoms with Crippen molar-refractivity contribution in [2.24, 2.45) is 0 Å². The number of aromatic nitrogens is 3. The van der Waals surface area contributed by atoms with Gasteiger partial charge in [0.15, 0.2) is 0 Å². The smallest absolute Gasteiger partial charge is 0.258 e. The third kappa shape index (κ3) is 3.68. The number of hydrogen-bond donors (Lipinski definition) is 0. The van der Waals surface area contributed by atoms with E-state index in [1.54, 1.807) is 53.7 Å². The fourth-order valence-electron chi connectivity index (χ4n) is 4.31. The van der Waals surface area contributed by atoms with Crippen LogP contribution in [-0.4, -0.2) is 19.9 Å². The van der Waals surface area contributed by atoms with Gasteiger partial charge in [-0.2, -0.15) is 0 Å². The van der Waals surface area contributed by atoms with Crippen molar-refractivity contribution in [2.45, 2.75) is 56.2 Å². The van der Waals surface area contributed by atoms with E-state index in [9.17, 15) is 10.1 Å². The Labute approximate surface area is 188 Å². The number of pyridine rings is 1. The molecular formula is C23H22N4O2S2. The molecule has 0 spiro atoms. The molecule has 1 aliphatic carbocycles. The van der Waals surface area contributed by atoms with Gasteiger partial charge in [-0.3, -0.25) is 10.1 Å². The van der Waals surface area contributed by atoms with Gasteiger partial charge in [-0.1, -0.05) is 26.0 Å². The maximum absolute atomic E-state index is 10.9. The van der Waals surface area contributed by atoms with Gasteiger partial charge in [-0.15, -0.1) is 23.1 Å². The number of nitrogens with zero attached hydrogens (tertiary/aromatic N) is 4. The number of aryl methyl sites for hydroxylation is 1. The maximum atomic E-state index is 10.9. The summed E-state index contributed by atoms with van der Waals surface area (Å²) in [6.07, 6.45) is 6.30. The molecule has 31 heavy (non-hydrogen) atoms. The van der Waals surface area contributed by atoms with Gasteiger partial charge in [0.25, 0.3) is 5.69 Å². The molecule has 8 heteroatoms. The molecule has 0 amide bonds. The van der Waals surface area contributed by atoms with Crippen LogP contribution in [0.1, 0.15) is 55.0 Å². The van der Waals surface area contributed by atoms with Crippen LogP contribution in [0.15, 0.2) is 35.6 Å². The third-order valence-corrected chi connectivity index (χ3v) is 8.06. The molecule has 0 fully saturated rings. The lowest BCUT2D eigenvalue weighted by molar-refractivity contribution is -0.384. The molecule has 1 aromatic carbocycles. The minimum absolute atomic E-state index is 0.111. The monoisotopic (exact) mass is 450 g/mol. The van der Waals surface area contributed by atoms with E-state index >= 15 is 0 Å². The van der Waals surface area contributed by atoms with E-state index in [0.29, 0.717) is 11.7 Å². The molecule has 3 heterocycles. The molecule has 0 radical (unpaired) electrons. The second-order valence-corrected chi connectivity index (χ2v) is 10.1. The van der Waals surface area contributed by atoms with Crippen LogP contribution in [0.5, 0.6) is 0 Å². The molecule has 0 N–H and O–H groups in total. The van der Waals surface area contributed by atoms with Gasteiger partial charge < -0.3 is 0 Å². The van der Waals surface area contributed by atoms with Gasteiger partial charge in [0, 0.05) is 29.0 Å². The fourth-order valence-corrected chi connectivity index (χ4v) is 6.51. The topological polar surface area (TPSA) is 81.8 Å². The molecule has 6 nitrogen and oxygen atoms in total. The Morgan fingerprint density at radius 2 is 1.87 bits per heavy atom. The molecule has 158 valence electrons. The van der Waals surface area contributed by atoms with Crippen LogP contribution in [0, 0.1) is 10.1 Å². The molecule has 0 saturated heterocycles. The van der Waals surface area contributed by atoms with Gasteiger partial charge >= 0.3 is 0 Å². The number of hydrogen-bond acceptors (Lipinski definition) is 7. The van der Waals surface area contributed by atoms with E-state index in [1.165, 1.54) is 35.0 Å². The molecule has 0 saturated carbocycles. The molecule has 0 unspecified atom stereocenters. The molecule has 1 aliphatic rings. The second kappa shape index (κ2) is 8.16. The van der Waals surface area contributed by atoms with E-state index in [-0.39, 0.29) is 10.6 Å². The first-order valence-electron chi connectivity index (χ1n) is 10.5. The van der Waals surface area contributed by atoms with Crippen molar-refractivity contribution < 1.29 is 4.92 Å². The predicted octanol–water partition coefficient (Wildman–Crippen LogP) is 6.44. The van der Waals surface area contributed by atoms with E-state index in [1.807, 2.05) is 0 Å². The number of non-ortho nitro benzene ring substituents is 1. The second-order valence-electron chi connectivity index (χ2n) is 8.17. The van der Waals surface area contributed by atoms with Gasteiger partial charge in [-0.25, -0.2) is 15.0 Å². The molecule has 5 rings (SSSR count). The summed E-state index contributed by atoms with van der Waals surface area (Å²) in [5.41, 5.74) is 6.27. The minimum Gasteiger partial charge on any atom is -0.258 e. The van der Waals surface area contributed by atoms with E-state index in [2.05, 4.69) is 23.8 Å². The van der Waals surface area contributed by atoms with Gasteiger partial charge in [0.05, 0.1) is 15.1 Å². The highest BCUT2D eigenvalue weighted by atomic mass is 32.2. The average Bonchev–Trinajstić information content (AvgIpc) is 3.16. The summed E-state index contributed by atoms with van der Waals surface area (Å²) in [5.74, 6) is 1.10. The van der Waals surface area contributed by atoms with Crippen LogP contribution in [0.2, 0.25) is 0 Å². The SMILES string of the molecule is CC(C)c1nc2sc3c(SCc4ccc([N+](=O)[O-])cc4)ncnc3c2c2c1CCCC2. The highest BCUT2D eigenvalue weighted by molar-refractivity contribution is 7.98. The highest BCUT2D eigenvalue weighted by Crippen LogP contribution is 2.42.